The molecule has 1 saturated heterocycles. The van der Waals surface area contributed by atoms with E-state index in [-0.39, 0.29) is 11.9 Å². The van der Waals surface area contributed by atoms with E-state index in [2.05, 4.69) is 52.0 Å². The maximum absolute atomic E-state index is 13.3. The van der Waals surface area contributed by atoms with Crippen LogP contribution in [0.5, 0.6) is 11.5 Å². The molecule has 0 radical (unpaired) electrons. The third-order valence-corrected chi connectivity index (χ3v) is 6.54. The number of carbonyl (C=O) groups excluding carboxylic acids is 1. The quantitative estimate of drug-likeness (QED) is 0.596. The molecule has 0 aromatic heterocycles. The number of carbonyl (C=O) groups is 1. The third kappa shape index (κ3) is 4.59. The third-order valence-electron chi connectivity index (χ3n) is 5.76. The summed E-state index contributed by atoms with van der Waals surface area (Å²) in [6.45, 7) is 6.80. The fourth-order valence-electron chi connectivity index (χ4n) is 4.04. The van der Waals surface area contributed by atoms with Gasteiger partial charge in [0.15, 0.2) is 0 Å². The van der Waals surface area contributed by atoms with Crippen molar-refractivity contribution in [3.63, 3.8) is 0 Å². The van der Waals surface area contributed by atoms with E-state index in [1.807, 2.05) is 17.9 Å². The molecule has 1 heterocycles. The predicted octanol–water partition coefficient (Wildman–Crippen LogP) is 4.76. The van der Waals surface area contributed by atoms with E-state index in [0.29, 0.717) is 34.1 Å². The maximum Gasteiger partial charge on any atom is 0.254 e. The molecular formula is C23H29BrN2O3. The van der Waals surface area contributed by atoms with Gasteiger partial charge in [0.25, 0.3) is 5.91 Å². The summed E-state index contributed by atoms with van der Waals surface area (Å²) in [5, 5.41) is 0. The van der Waals surface area contributed by atoms with Crippen LogP contribution in [0.4, 0.5) is 0 Å². The van der Waals surface area contributed by atoms with E-state index in [1.54, 1.807) is 26.4 Å². The van der Waals surface area contributed by atoms with Gasteiger partial charge in [0.1, 0.15) is 16.0 Å². The smallest absolute Gasteiger partial charge is 0.254 e. The number of ether oxygens (including phenoxy) is 2. The Morgan fingerprint density at radius 3 is 2.38 bits per heavy atom. The molecule has 3 rings (SSSR count). The zero-order chi connectivity index (χ0) is 21.0. The lowest BCUT2D eigenvalue weighted by Crippen LogP contribution is -2.42. The van der Waals surface area contributed by atoms with Crippen LogP contribution in [0.1, 0.15) is 42.2 Å². The lowest BCUT2D eigenvalue weighted by Gasteiger charge is -2.30. The van der Waals surface area contributed by atoms with Crippen molar-refractivity contribution in [2.45, 2.75) is 32.4 Å². The number of benzene rings is 2. The highest BCUT2D eigenvalue weighted by Crippen LogP contribution is 2.36. The van der Waals surface area contributed by atoms with Gasteiger partial charge in [-0.05, 0) is 53.9 Å². The van der Waals surface area contributed by atoms with Gasteiger partial charge in [-0.3, -0.25) is 9.69 Å². The first-order valence-electron chi connectivity index (χ1n) is 10.0. The van der Waals surface area contributed by atoms with Crippen molar-refractivity contribution in [2.75, 3.05) is 33.9 Å². The average molecular weight is 461 g/mol. The minimum absolute atomic E-state index is 0.0100. The predicted molar refractivity (Wildman–Crippen MR) is 119 cm³/mol. The van der Waals surface area contributed by atoms with Crippen LogP contribution in [0.15, 0.2) is 46.9 Å². The van der Waals surface area contributed by atoms with Crippen LogP contribution < -0.4 is 9.47 Å². The summed E-state index contributed by atoms with van der Waals surface area (Å²) in [5.41, 5.74) is 1.89. The topological polar surface area (TPSA) is 42.0 Å². The molecule has 2 atom stereocenters. The van der Waals surface area contributed by atoms with E-state index in [0.717, 1.165) is 19.5 Å². The minimum atomic E-state index is 0.0100. The molecule has 2 aromatic rings. The molecule has 1 aliphatic rings. The maximum atomic E-state index is 13.3. The van der Waals surface area contributed by atoms with Gasteiger partial charge in [0, 0.05) is 37.3 Å². The molecule has 0 saturated carbocycles. The Kier molecular flexibility index (Phi) is 7.19. The summed E-state index contributed by atoms with van der Waals surface area (Å²) in [4.78, 5) is 17.8. The standard InChI is InChI=1S/C23H29BrN2O3/c1-5-26(23(27)18-13-20(28-3)22(24)21(14-18)29-4)19-11-12-25(15-19)16(2)17-9-7-6-8-10-17/h6-10,13-14,16,19H,5,11-12,15H2,1-4H3/t16-,19+/m0/s1. The Morgan fingerprint density at radius 1 is 1.21 bits per heavy atom. The Bertz CT molecular complexity index is 818. The highest BCUT2D eigenvalue weighted by atomic mass is 79.9. The second kappa shape index (κ2) is 9.63. The highest BCUT2D eigenvalue weighted by Gasteiger charge is 2.33. The summed E-state index contributed by atoms with van der Waals surface area (Å²) in [6, 6.07) is 14.6. The van der Waals surface area contributed by atoms with Crippen molar-refractivity contribution in [3.05, 3.63) is 58.1 Å². The Labute approximate surface area is 181 Å². The van der Waals surface area contributed by atoms with Crippen molar-refractivity contribution in [1.82, 2.24) is 9.80 Å². The number of hydrogen-bond acceptors (Lipinski definition) is 4. The summed E-state index contributed by atoms with van der Waals surface area (Å²) in [7, 11) is 3.18. The summed E-state index contributed by atoms with van der Waals surface area (Å²) in [6.07, 6.45) is 0.974. The molecule has 0 N–H and O–H groups in total. The lowest BCUT2D eigenvalue weighted by atomic mass is 10.1. The minimum Gasteiger partial charge on any atom is -0.495 e. The SMILES string of the molecule is CCN(C(=O)c1cc(OC)c(Br)c(OC)c1)[C@@H]1CCN([C@@H](C)c2ccccc2)C1. The Hall–Kier alpha value is -2.05. The van der Waals surface area contributed by atoms with Crippen LogP contribution in [0, 0.1) is 0 Å². The van der Waals surface area contributed by atoms with Gasteiger partial charge in [-0.15, -0.1) is 0 Å². The van der Waals surface area contributed by atoms with E-state index in [1.165, 1.54) is 5.56 Å². The molecule has 0 spiro atoms. The van der Waals surface area contributed by atoms with Crippen LogP contribution in [0.25, 0.3) is 0 Å². The lowest BCUT2D eigenvalue weighted by molar-refractivity contribution is 0.0688. The second-order valence-corrected chi connectivity index (χ2v) is 8.10. The van der Waals surface area contributed by atoms with Crippen LogP contribution in [0.2, 0.25) is 0 Å². The number of likely N-dealkylation sites (N-methyl/N-ethyl adjacent to an activating group) is 1. The number of halogens is 1. The van der Waals surface area contributed by atoms with Crippen molar-refractivity contribution >= 4 is 21.8 Å². The fourth-order valence-corrected chi connectivity index (χ4v) is 4.60. The van der Waals surface area contributed by atoms with Crippen molar-refractivity contribution < 1.29 is 14.3 Å². The van der Waals surface area contributed by atoms with Crippen LogP contribution in [0.3, 0.4) is 0 Å². The molecule has 1 amide bonds. The van der Waals surface area contributed by atoms with Crippen molar-refractivity contribution in [3.8, 4) is 11.5 Å². The number of amides is 1. The monoisotopic (exact) mass is 460 g/mol. The van der Waals surface area contributed by atoms with E-state index >= 15 is 0 Å². The summed E-state index contributed by atoms with van der Waals surface area (Å²) >= 11 is 3.47. The number of nitrogens with zero attached hydrogens (tertiary/aromatic N) is 2. The second-order valence-electron chi connectivity index (χ2n) is 7.31. The van der Waals surface area contributed by atoms with Crippen molar-refractivity contribution in [2.24, 2.45) is 0 Å². The largest absolute Gasteiger partial charge is 0.495 e. The molecule has 156 valence electrons. The van der Waals surface area contributed by atoms with Crippen molar-refractivity contribution in [1.29, 1.82) is 0 Å². The summed E-state index contributed by atoms with van der Waals surface area (Å²) < 4.78 is 11.5. The number of hydrogen-bond donors (Lipinski definition) is 0. The van der Waals surface area contributed by atoms with Gasteiger partial charge in [0.05, 0.1) is 14.2 Å². The highest BCUT2D eigenvalue weighted by molar-refractivity contribution is 9.10. The molecule has 6 heteroatoms. The Morgan fingerprint density at radius 2 is 1.83 bits per heavy atom. The van der Waals surface area contributed by atoms with Gasteiger partial charge in [-0.25, -0.2) is 0 Å². The average Bonchev–Trinajstić information content (AvgIpc) is 3.24. The first-order chi connectivity index (χ1) is 14.0. The molecule has 1 aliphatic heterocycles. The van der Waals surface area contributed by atoms with Gasteiger partial charge in [-0.1, -0.05) is 30.3 Å². The zero-order valence-electron chi connectivity index (χ0n) is 17.5. The van der Waals surface area contributed by atoms with Gasteiger partial charge in [-0.2, -0.15) is 0 Å². The normalized spacial score (nSPS) is 17.8. The van der Waals surface area contributed by atoms with Crippen LogP contribution in [-0.4, -0.2) is 55.6 Å². The number of methoxy groups -OCH3 is 2. The molecule has 0 unspecified atom stereocenters. The zero-order valence-corrected chi connectivity index (χ0v) is 19.1. The van der Waals surface area contributed by atoms with E-state index in [4.69, 9.17) is 9.47 Å². The van der Waals surface area contributed by atoms with Crippen LogP contribution in [-0.2, 0) is 0 Å². The van der Waals surface area contributed by atoms with Gasteiger partial charge >= 0.3 is 0 Å². The first kappa shape index (κ1) is 21.7. The fraction of sp³-hybridized carbons (Fsp3) is 0.435. The Balaban J connectivity index is 1.77. The van der Waals surface area contributed by atoms with Gasteiger partial charge < -0.3 is 14.4 Å². The number of likely N-dealkylation sites (tertiary alicyclic amines) is 1. The van der Waals surface area contributed by atoms with Crippen LogP contribution >= 0.6 is 15.9 Å². The first-order valence-corrected chi connectivity index (χ1v) is 10.8. The van der Waals surface area contributed by atoms with E-state index < -0.39 is 0 Å². The van der Waals surface area contributed by atoms with E-state index in [9.17, 15) is 4.79 Å². The van der Waals surface area contributed by atoms with Gasteiger partial charge in [0.2, 0.25) is 0 Å². The number of rotatable bonds is 7. The molecule has 29 heavy (non-hydrogen) atoms. The molecule has 2 aromatic carbocycles. The molecular weight excluding hydrogens is 432 g/mol. The molecule has 5 nitrogen and oxygen atoms in total. The summed E-state index contributed by atoms with van der Waals surface area (Å²) in [5.74, 6) is 1.19. The molecule has 0 bridgehead atoms. The molecule has 0 aliphatic carbocycles. The molecule has 1 fully saturated rings.